The molecular weight excluding hydrogens is 204 g/mol. The Bertz CT molecular complexity index is 419. The third-order valence-corrected chi connectivity index (χ3v) is 3.65. The normalized spacial score (nSPS) is 12.4. The molecule has 0 aliphatic rings. The summed E-state index contributed by atoms with van der Waals surface area (Å²) in [7, 11) is 1.71. The van der Waals surface area contributed by atoms with Crippen LogP contribution >= 0.6 is 11.3 Å². The standard InChI is InChI=1S/C13H14OS/c1-10(11-6-4-3-5-7-11)13-8-12(14-2)9-15-13/h3-10H,1-2H3. The molecule has 0 N–H and O–H groups in total. The van der Waals surface area contributed by atoms with Crippen LogP contribution < -0.4 is 4.74 Å². The van der Waals surface area contributed by atoms with Gasteiger partial charge in [0.05, 0.1) is 7.11 Å². The highest BCUT2D eigenvalue weighted by Crippen LogP contribution is 2.31. The molecule has 2 heteroatoms. The van der Waals surface area contributed by atoms with Gasteiger partial charge in [0.15, 0.2) is 0 Å². The molecule has 1 aromatic heterocycles. The second-order valence-electron chi connectivity index (χ2n) is 3.52. The summed E-state index contributed by atoms with van der Waals surface area (Å²) in [6.45, 7) is 2.22. The Morgan fingerprint density at radius 2 is 1.93 bits per heavy atom. The molecule has 78 valence electrons. The van der Waals surface area contributed by atoms with Crippen LogP contribution in [-0.2, 0) is 0 Å². The summed E-state index contributed by atoms with van der Waals surface area (Å²) in [4.78, 5) is 1.35. The molecule has 2 rings (SSSR count). The number of methoxy groups -OCH3 is 1. The molecule has 0 aliphatic heterocycles. The molecule has 0 radical (unpaired) electrons. The lowest BCUT2D eigenvalue weighted by Gasteiger charge is -2.08. The molecule has 0 amide bonds. The van der Waals surface area contributed by atoms with Crippen molar-refractivity contribution >= 4 is 11.3 Å². The monoisotopic (exact) mass is 218 g/mol. The first-order valence-corrected chi connectivity index (χ1v) is 5.86. The molecule has 1 unspecified atom stereocenters. The summed E-state index contributed by atoms with van der Waals surface area (Å²) in [5.74, 6) is 1.40. The molecule has 0 bridgehead atoms. The Morgan fingerprint density at radius 3 is 2.53 bits per heavy atom. The van der Waals surface area contributed by atoms with Crippen molar-refractivity contribution < 1.29 is 4.74 Å². The van der Waals surface area contributed by atoms with Gasteiger partial charge in [0, 0.05) is 16.2 Å². The number of hydrogen-bond donors (Lipinski definition) is 0. The quantitative estimate of drug-likeness (QED) is 0.759. The molecule has 0 saturated carbocycles. The number of thiophene rings is 1. The largest absolute Gasteiger partial charge is 0.496 e. The number of hydrogen-bond acceptors (Lipinski definition) is 2. The average molecular weight is 218 g/mol. The van der Waals surface area contributed by atoms with Gasteiger partial charge in [-0.25, -0.2) is 0 Å². The van der Waals surface area contributed by atoms with Crippen LogP contribution in [0.2, 0.25) is 0 Å². The fourth-order valence-electron chi connectivity index (χ4n) is 1.57. The van der Waals surface area contributed by atoms with E-state index >= 15 is 0 Å². The molecule has 15 heavy (non-hydrogen) atoms. The second kappa shape index (κ2) is 4.49. The van der Waals surface area contributed by atoms with E-state index in [1.54, 1.807) is 18.4 Å². The van der Waals surface area contributed by atoms with Crippen molar-refractivity contribution in [3.05, 3.63) is 52.2 Å². The van der Waals surface area contributed by atoms with Crippen molar-refractivity contribution in [3.8, 4) is 5.75 Å². The lowest BCUT2D eigenvalue weighted by Crippen LogP contribution is -1.91. The smallest absolute Gasteiger partial charge is 0.129 e. The van der Waals surface area contributed by atoms with E-state index in [-0.39, 0.29) is 0 Å². The first-order valence-electron chi connectivity index (χ1n) is 4.98. The van der Waals surface area contributed by atoms with Gasteiger partial charge in [-0.2, -0.15) is 0 Å². The van der Waals surface area contributed by atoms with Crippen LogP contribution in [0.25, 0.3) is 0 Å². The summed E-state index contributed by atoms with van der Waals surface area (Å²) < 4.78 is 5.19. The zero-order valence-electron chi connectivity index (χ0n) is 8.94. The predicted octanol–water partition coefficient (Wildman–Crippen LogP) is 3.91. The van der Waals surface area contributed by atoms with Crippen LogP contribution in [0.5, 0.6) is 5.75 Å². The van der Waals surface area contributed by atoms with Gasteiger partial charge in [0.1, 0.15) is 5.75 Å². The van der Waals surface area contributed by atoms with Gasteiger partial charge in [0.2, 0.25) is 0 Å². The molecule has 0 saturated heterocycles. The molecular formula is C13H14OS. The summed E-state index contributed by atoms with van der Waals surface area (Å²) in [6.07, 6.45) is 0. The zero-order chi connectivity index (χ0) is 10.7. The van der Waals surface area contributed by atoms with E-state index < -0.39 is 0 Å². The van der Waals surface area contributed by atoms with E-state index in [0.29, 0.717) is 5.92 Å². The molecule has 2 aromatic rings. The second-order valence-corrected chi connectivity index (χ2v) is 4.46. The molecule has 1 heterocycles. The fourth-order valence-corrected chi connectivity index (χ4v) is 2.52. The van der Waals surface area contributed by atoms with E-state index in [9.17, 15) is 0 Å². The van der Waals surface area contributed by atoms with Gasteiger partial charge in [-0.3, -0.25) is 0 Å². The third-order valence-electron chi connectivity index (χ3n) is 2.56. The molecule has 0 aliphatic carbocycles. The first kappa shape index (κ1) is 10.2. The van der Waals surface area contributed by atoms with Crippen LogP contribution in [0.4, 0.5) is 0 Å². The highest BCUT2D eigenvalue weighted by molar-refractivity contribution is 7.10. The van der Waals surface area contributed by atoms with Crippen LogP contribution in [0.15, 0.2) is 41.8 Å². The minimum absolute atomic E-state index is 0.445. The number of rotatable bonds is 3. The van der Waals surface area contributed by atoms with Gasteiger partial charge in [-0.1, -0.05) is 37.3 Å². The third kappa shape index (κ3) is 2.21. The molecule has 0 fully saturated rings. The number of benzene rings is 1. The zero-order valence-corrected chi connectivity index (χ0v) is 9.75. The Kier molecular flexibility index (Phi) is 3.07. The molecule has 1 atom stereocenters. The van der Waals surface area contributed by atoms with Gasteiger partial charge in [-0.15, -0.1) is 11.3 Å². The molecule has 1 aromatic carbocycles. The topological polar surface area (TPSA) is 9.23 Å². The van der Waals surface area contributed by atoms with E-state index in [1.807, 2.05) is 6.07 Å². The van der Waals surface area contributed by atoms with Gasteiger partial charge in [-0.05, 0) is 11.6 Å². The summed E-state index contributed by atoms with van der Waals surface area (Å²) >= 11 is 1.75. The maximum atomic E-state index is 5.19. The highest BCUT2D eigenvalue weighted by atomic mass is 32.1. The number of ether oxygens (including phenoxy) is 1. The molecule has 1 nitrogen and oxygen atoms in total. The van der Waals surface area contributed by atoms with Gasteiger partial charge in [0.25, 0.3) is 0 Å². The lowest BCUT2D eigenvalue weighted by molar-refractivity contribution is 0.416. The fraction of sp³-hybridized carbons (Fsp3) is 0.231. The first-order chi connectivity index (χ1) is 7.31. The van der Waals surface area contributed by atoms with Crippen LogP contribution in [-0.4, -0.2) is 7.11 Å². The van der Waals surface area contributed by atoms with Crippen molar-refractivity contribution in [1.82, 2.24) is 0 Å². The van der Waals surface area contributed by atoms with Gasteiger partial charge >= 0.3 is 0 Å². The Balaban J connectivity index is 2.24. The van der Waals surface area contributed by atoms with E-state index in [4.69, 9.17) is 4.74 Å². The van der Waals surface area contributed by atoms with Crippen LogP contribution in [0.1, 0.15) is 23.3 Å². The molecule has 0 spiro atoms. The summed E-state index contributed by atoms with van der Waals surface area (Å²) in [6, 6.07) is 12.6. The van der Waals surface area contributed by atoms with E-state index in [1.165, 1.54) is 10.4 Å². The minimum Gasteiger partial charge on any atom is -0.496 e. The lowest BCUT2D eigenvalue weighted by atomic mass is 10.00. The van der Waals surface area contributed by atoms with Crippen molar-refractivity contribution in [1.29, 1.82) is 0 Å². The van der Waals surface area contributed by atoms with Crippen molar-refractivity contribution in [2.75, 3.05) is 7.11 Å². The maximum absolute atomic E-state index is 5.19. The summed E-state index contributed by atoms with van der Waals surface area (Å²) in [5, 5.41) is 2.05. The van der Waals surface area contributed by atoms with Crippen LogP contribution in [0.3, 0.4) is 0 Å². The Morgan fingerprint density at radius 1 is 1.20 bits per heavy atom. The predicted molar refractivity (Wildman–Crippen MR) is 64.8 cm³/mol. The van der Waals surface area contributed by atoms with Crippen molar-refractivity contribution in [2.24, 2.45) is 0 Å². The maximum Gasteiger partial charge on any atom is 0.129 e. The van der Waals surface area contributed by atoms with E-state index in [2.05, 4.69) is 42.6 Å². The van der Waals surface area contributed by atoms with Crippen molar-refractivity contribution in [3.63, 3.8) is 0 Å². The SMILES string of the molecule is COc1csc(C(C)c2ccccc2)c1. The average Bonchev–Trinajstić information content (AvgIpc) is 2.78. The Labute approximate surface area is 94.3 Å². The van der Waals surface area contributed by atoms with E-state index in [0.717, 1.165) is 5.75 Å². The highest BCUT2D eigenvalue weighted by Gasteiger charge is 2.10. The Hall–Kier alpha value is -1.28. The van der Waals surface area contributed by atoms with Crippen LogP contribution in [0, 0.1) is 0 Å². The summed E-state index contributed by atoms with van der Waals surface area (Å²) in [5.41, 5.74) is 1.35. The van der Waals surface area contributed by atoms with Gasteiger partial charge < -0.3 is 4.74 Å². The van der Waals surface area contributed by atoms with Crippen molar-refractivity contribution in [2.45, 2.75) is 12.8 Å². The minimum atomic E-state index is 0.445.